The number of rotatable bonds is 1. The van der Waals surface area contributed by atoms with Crippen LogP contribution in [-0.2, 0) is 12.4 Å². The van der Waals surface area contributed by atoms with E-state index >= 15 is 0 Å². The molecule has 0 aliphatic rings. The number of imidazole rings is 1. The largest absolute Gasteiger partial charge is 0.330 e. The molecule has 0 saturated carbocycles. The monoisotopic (exact) mass is 302 g/mol. The maximum atomic E-state index is 4.47. The molecule has 0 saturated heterocycles. The van der Waals surface area contributed by atoms with Crippen molar-refractivity contribution in [3.63, 3.8) is 0 Å². The molecular formula is C9H8Br2N2. The zero-order valence-corrected chi connectivity index (χ0v) is 10.3. The molecule has 4 heteroatoms. The highest BCUT2D eigenvalue weighted by Gasteiger charge is 2.05. The lowest BCUT2D eigenvalue weighted by Gasteiger charge is -1.97. The average molecular weight is 304 g/mol. The molecule has 1 heterocycles. The fraction of sp³-hybridized carbons (Fsp3) is 0.222. The minimum Gasteiger partial charge on any atom is -0.330 e. The molecule has 13 heavy (non-hydrogen) atoms. The Bertz CT molecular complexity index is 448. The van der Waals surface area contributed by atoms with E-state index in [-0.39, 0.29) is 0 Å². The summed E-state index contributed by atoms with van der Waals surface area (Å²) in [4.78, 5) is 4.47. The third kappa shape index (κ3) is 1.53. The second-order valence-corrected chi connectivity index (χ2v) is 4.33. The minimum atomic E-state index is 0.787. The molecular weight excluding hydrogens is 296 g/mol. The van der Waals surface area contributed by atoms with Crippen LogP contribution in [-0.4, -0.2) is 9.55 Å². The standard InChI is InChI=1S/C9H8Br2N2/c1-13-8-4-6(11)2-3-7(8)12-9(13)5-10/h2-4H,5H2,1H3. The molecule has 0 N–H and O–H groups in total. The van der Waals surface area contributed by atoms with Crippen LogP contribution >= 0.6 is 31.9 Å². The SMILES string of the molecule is Cn1c(CBr)nc2ccc(Br)cc21. The van der Waals surface area contributed by atoms with E-state index in [1.807, 2.05) is 19.2 Å². The van der Waals surface area contributed by atoms with Crippen molar-refractivity contribution >= 4 is 42.9 Å². The highest BCUT2D eigenvalue weighted by atomic mass is 79.9. The van der Waals surface area contributed by atoms with Crippen LogP contribution < -0.4 is 0 Å². The summed E-state index contributed by atoms with van der Waals surface area (Å²) >= 11 is 6.85. The number of halogens is 2. The van der Waals surface area contributed by atoms with Crippen molar-refractivity contribution in [2.75, 3.05) is 0 Å². The maximum Gasteiger partial charge on any atom is 0.120 e. The van der Waals surface area contributed by atoms with Gasteiger partial charge in [0.15, 0.2) is 0 Å². The van der Waals surface area contributed by atoms with E-state index in [4.69, 9.17) is 0 Å². The smallest absolute Gasteiger partial charge is 0.120 e. The van der Waals surface area contributed by atoms with Crippen LogP contribution in [0.15, 0.2) is 22.7 Å². The summed E-state index contributed by atoms with van der Waals surface area (Å²) in [5.74, 6) is 1.05. The summed E-state index contributed by atoms with van der Waals surface area (Å²) in [5, 5.41) is 0.787. The number of alkyl halides is 1. The predicted octanol–water partition coefficient (Wildman–Crippen LogP) is 3.23. The van der Waals surface area contributed by atoms with E-state index in [0.29, 0.717) is 0 Å². The Morgan fingerprint density at radius 3 is 2.92 bits per heavy atom. The number of aryl methyl sites for hydroxylation is 1. The second-order valence-electron chi connectivity index (χ2n) is 2.85. The number of hydrogen-bond acceptors (Lipinski definition) is 1. The normalized spacial score (nSPS) is 11.0. The average Bonchev–Trinajstić information content (AvgIpc) is 2.44. The van der Waals surface area contributed by atoms with Crippen LogP contribution in [0.5, 0.6) is 0 Å². The van der Waals surface area contributed by atoms with Gasteiger partial charge in [-0.25, -0.2) is 4.98 Å². The molecule has 2 aromatic rings. The lowest BCUT2D eigenvalue weighted by Crippen LogP contribution is -1.93. The lowest BCUT2D eigenvalue weighted by atomic mass is 10.3. The van der Waals surface area contributed by atoms with Crippen LogP contribution in [0, 0.1) is 0 Å². The van der Waals surface area contributed by atoms with Gasteiger partial charge in [0.2, 0.25) is 0 Å². The Morgan fingerprint density at radius 1 is 1.46 bits per heavy atom. The third-order valence-corrected chi connectivity index (χ3v) is 3.05. The molecule has 2 nitrogen and oxygen atoms in total. The van der Waals surface area contributed by atoms with Crippen molar-refractivity contribution in [2.24, 2.45) is 7.05 Å². The first kappa shape index (κ1) is 9.21. The Labute approximate surface area is 93.2 Å². The van der Waals surface area contributed by atoms with Crippen LogP contribution in [0.2, 0.25) is 0 Å². The molecule has 0 bridgehead atoms. The fourth-order valence-electron chi connectivity index (χ4n) is 1.33. The first-order valence-corrected chi connectivity index (χ1v) is 5.80. The summed E-state index contributed by atoms with van der Waals surface area (Å²) < 4.78 is 3.18. The van der Waals surface area contributed by atoms with Crippen molar-refractivity contribution in [1.29, 1.82) is 0 Å². The van der Waals surface area contributed by atoms with Gasteiger partial charge in [0.1, 0.15) is 5.82 Å². The van der Waals surface area contributed by atoms with Gasteiger partial charge in [0, 0.05) is 11.5 Å². The highest BCUT2D eigenvalue weighted by molar-refractivity contribution is 9.10. The molecule has 0 aliphatic heterocycles. The van der Waals surface area contributed by atoms with Gasteiger partial charge in [0.25, 0.3) is 0 Å². The lowest BCUT2D eigenvalue weighted by molar-refractivity contribution is 0.879. The molecule has 68 valence electrons. The van der Waals surface area contributed by atoms with Crippen LogP contribution in [0.1, 0.15) is 5.82 Å². The molecule has 0 atom stereocenters. The Morgan fingerprint density at radius 2 is 2.23 bits per heavy atom. The highest BCUT2D eigenvalue weighted by Crippen LogP contribution is 2.20. The quantitative estimate of drug-likeness (QED) is 0.740. The zero-order valence-electron chi connectivity index (χ0n) is 7.09. The van der Waals surface area contributed by atoms with Gasteiger partial charge < -0.3 is 4.57 Å². The first-order valence-electron chi connectivity index (χ1n) is 3.89. The molecule has 0 radical (unpaired) electrons. The van der Waals surface area contributed by atoms with Crippen molar-refractivity contribution in [2.45, 2.75) is 5.33 Å². The van der Waals surface area contributed by atoms with Gasteiger partial charge in [-0.05, 0) is 18.2 Å². The van der Waals surface area contributed by atoms with E-state index in [1.165, 1.54) is 0 Å². The van der Waals surface area contributed by atoms with E-state index in [1.54, 1.807) is 0 Å². The summed E-state index contributed by atoms with van der Waals surface area (Å²) in [7, 11) is 2.03. The first-order chi connectivity index (χ1) is 6.22. The van der Waals surface area contributed by atoms with Crippen LogP contribution in [0.3, 0.4) is 0 Å². The summed E-state index contributed by atoms with van der Waals surface area (Å²) in [6.07, 6.45) is 0. The Kier molecular flexibility index (Phi) is 2.43. The van der Waals surface area contributed by atoms with E-state index in [0.717, 1.165) is 26.7 Å². The van der Waals surface area contributed by atoms with Crippen molar-refractivity contribution in [3.8, 4) is 0 Å². The van der Waals surface area contributed by atoms with Gasteiger partial charge in [-0.3, -0.25) is 0 Å². The molecule has 0 fully saturated rings. The molecule has 0 amide bonds. The second kappa shape index (κ2) is 3.42. The molecule has 0 aliphatic carbocycles. The van der Waals surface area contributed by atoms with Gasteiger partial charge in [-0.1, -0.05) is 31.9 Å². The summed E-state index contributed by atoms with van der Waals surface area (Å²) in [5.41, 5.74) is 2.20. The fourth-order valence-corrected chi connectivity index (χ4v) is 2.18. The zero-order chi connectivity index (χ0) is 9.42. The van der Waals surface area contributed by atoms with Crippen molar-refractivity contribution in [3.05, 3.63) is 28.5 Å². The van der Waals surface area contributed by atoms with E-state index in [2.05, 4.69) is 47.5 Å². The number of fused-ring (bicyclic) bond motifs is 1. The van der Waals surface area contributed by atoms with E-state index in [9.17, 15) is 0 Å². The van der Waals surface area contributed by atoms with Crippen LogP contribution in [0.25, 0.3) is 11.0 Å². The Hall–Kier alpha value is -0.350. The Balaban J connectivity index is 2.77. The van der Waals surface area contributed by atoms with Gasteiger partial charge >= 0.3 is 0 Å². The number of nitrogens with zero attached hydrogens (tertiary/aromatic N) is 2. The van der Waals surface area contributed by atoms with Crippen LogP contribution in [0.4, 0.5) is 0 Å². The maximum absolute atomic E-state index is 4.47. The van der Waals surface area contributed by atoms with Gasteiger partial charge in [-0.15, -0.1) is 0 Å². The topological polar surface area (TPSA) is 17.8 Å². The summed E-state index contributed by atoms with van der Waals surface area (Å²) in [6.45, 7) is 0. The van der Waals surface area contributed by atoms with Gasteiger partial charge in [0.05, 0.1) is 16.4 Å². The molecule has 0 unspecified atom stereocenters. The summed E-state index contributed by atoms with van der Waals surface area (Å²) in [6, 6.07) is 6.10. The molecule has 1 aromatic heterocycles. The number of hydrogen-bond donors (Lipinski definition) is 0. The number of aromatic nitrogens is 2. The molecule has 1 aromatic carbocycles. The predicted molar refractivity (Wildman–Crippen MR) is 61.0 cm³/mol. The third-order valence-electron chi connectivity index (χ3n) is 2.06. The molecule has 2 rings (SSSR count). The minimum absolute atomic E-state index is 0.787. The number of benzene rings is 1. The van der Waals surface area contributed by atoms with Crippen molar-refractivity contribution in [1.82, 2.24) is 9.55 Å². The van der Waals surface area contributed by atoms with Crippen molar-refractivity contribution < 1.29 is 0 Å². The molecule has 0 spiro atoms. The van der Waals surface area contributed by atoms with E-state index < -0.39 is 0 Å². The van der Waals surface area contributed by atoms with Gasteiger partial charge in [-0.2, -0.15) is 0 Å².